The van der Waals surface area contributed by atoms with Gasteiger partial charge in [-0.2, -0.15) is 0 Å². The molecule has 0 aliphatic carbocycles. The van der Waals surface area contributed by atoms with Crippen molar-refractivity contribution in [2.24, 2.45) is 0 Å². The van der Waals surface area contributed by atoms with Crippen LogP contribution in [-0.2, 0) is 11.3 Å². The van der Waals surface area contributed by atoms with Crippen LogP contribution in [0.1, 0.15) is 27.1 Å². The highest BCUT2D eigenvalue weighted by Gasteiger charge is 2.33. The molecule has 0 saturated carbocycles. The van der Waals surface area contributed by atoms with Crippen molar-refractivity contribution >= 4 is 40.0 Å². The molecule has 1 aliphatic rings. The van der Waals surface area contributed by atoms with Gasteiger partial charge in [-0.05, 0) is 52.7 Å². The van der Waals surface area contributed by atoms with Gasteiger partial charge in [0.05, 0.1) is 18.6 Å². The molecule has 154 valence electrons. The van der Waals surface area contributed by atoms with Crippen molar-refractivity contribution in [3.8, 4) is 0 Å². The first-order valence-electron chi connectivity index (χ1n) is 10.0. The summed E-state index contributed by atoms with van der Waals surface area (Å²) in [6.45, 7) is 0.438. The van der Waals surface area contributed by atoms with E-state index in [0.29, 0.717) is 17.9 Å². The van der Waals surface area contributed by atoms with E-state index in [4.69, 9.17) is 4.42 Å². The van der Waals surface area contributed by atoms with Gasteiger partial charge in [-0.15, -0.1) is 11.8 Å². The van der Waals surface area contributed by atoms with Crippen molar-refractivity contribution in [1.29, 1.82) is 0 Å². The normalized spacial score (nSPS) is 16.1. The highest BCUT2D eigenvalue weighted by atomic mass is 32.2. The second-order valence-corrected chi connectivity index (χ2v) is 8.47. The van der Waals surface area contributed by atoms with Crippen LogP contribution in [0.3, 0.4) is 0 Å². The van der Waals surface area contributed by atoms with E-state index in [1.165, 1.54) is 0 Å². The number of furan rings is 1. The van der Waals surface area contributed by atoms with Crippen LogP contribution in [0.5, 0.6) is 0 Å². The van der Waals surface area contributed by atoms with Gasteiger partial charge in [0.25, 0.3) is 5.91 Å². The number of carbonyl (C=O) groups excluding carboxylic acids is 2. The largest absolute Gasteiger partial charge is 0.467 e. The van der Waals surface area contributed by atoms with E-state index in [1.807, 2.05) is 71.6 Å². The fourth-order valence-electron chi connectivity index (χ4n) is 3.74. The Hall–Kier alpha value is -3.51. The molecule has 2 heterocycles. The van der Waals surface area contributed by atoms with Crippen LogP contribution < -0.4 is 5.32 Å². The lowest BCUT2D eigenvalue weighted by Crippen LogP contribution is -2.27. The molecule has 31 heavy (non-hydrogen) atoms. The molecule has 0 radical (unpaired) electrons. The van der Waals surface area contributed by atoms with E-state index in [-0.39, 0.29) is 17.2 Å². The molecule has 6 heteroatoms. The molecular formula is C25H20N2O3S. The molecule has 1 N–H and O–H groups in total. The molecule has 3 aromatic carbocycles. The Morgan fingerprint density at radius 2 is 1.81 bits per heavy atom. The second kappa shape index (κ2) is 8.32. The van der Waals surface area contributed by atoms with E-state index in [9.17, 15) is 9.59 Å². The van der Waals surface area contributed by atoms with E-state index in [2.05, 4.69) is 5.32 Å². The monoisotopic (exact) mass is 428 g/mol. The Morgan fingerprint density at radius 1 is 1.00 bits per heavy atom. The van der Waals surface area contributed by atoms with Crippen LogP contribution in [0.2, 0.25) is 0 Å². The Balaban J connectivity index is 1.30. The number of fused-ring (bicyclic) bond motifs is 1. The Morgan fingerprint density at radius 3 is 2.58 bits per heavy atom. The number of amides is 2. The lowest BCUT2D eigenvalue weighted by Gasteiger charge is -2.23. The zero-order valence-electron chi connectivity index (χ0n) is 16.7. The summed E-state index contributed by atoms with van der Waals surface area (Å²) in [7, 11) is 0. The molecule has 1 aromatic heterocycles. The lowest BCUT2D eigenvalue weighted by atomic mass is 10.1. The molecular weight excluding hydrogens is 408 g/mol. The first-order chi connectivity index (χ1) is 15.2. The zero-order chi connectivity index (χ0) is 21.2. The highest BCUT2D eigenvalue weighted by Crippen LogP contribution is 2.39. The van der Waals surface area contributed by atoms with Gasteiger partial charge in [-0.25, -0.2) is 0 Å². The molecule has 4 aromatic rings. The van der Waals surface area contributed by atoms with Gasteiger partial charge >= 0.3 is 0 Å². The predicted octanol–water partition coefficient (Wildman–Crippen LogP) is 5.46. The third-order valence-electron chi connectivity index (χ3n) is 5.34. The Labute approximate surface area is 184 Å². The van der Waals surface area contributed by atoms with Gasteiger partial charge in [0, 0.05) is 11.3 Å². The maximum absolute atomic E-state index is 12.7. The van der Waals surface area contributed by atoms with Crippen LogP contribution in [0.15, 0.2) is 89.5 Å². The van der Waals surface area contributed by atoms with E-state index >= 15 is 0 Å². The van der Waals surface area contributed by atoms with Crippen molar-refractivity contribution < 1.29 is 14.0 Å². The maximum atomic E-state index is 12.7. The fourth-order valence-corrected chi connectivity index (χ4v) is 4.93. The van der Waals surface area contributed by atoms with Crippen LogP contribution in [0.25, 0.3) is 10.8 Å². The number of nitrogens with zero attached hydrogens (tertiary/aromatic N) is 1. The zero-order valence-corrected chi connectivity index (χ0v) is 17.5. The third kappa shape index (κ3) is 4.07. The summed E-state index contributed by atoms with van der Waals surface area (Å²) in [4.78, 5) is 26.9. The molecule has 5 nitrogen and oxygen atoms in total. The second-order valence-electron chi connectivity index (χ2n) is 7.40. The first-order valence-corrected chi connectivity index (χ1v) is 11.1. The van der Waals surface area contributed by atoms with Crippen LogP contribution in [0.4, 0.5) is 5.69 Å². The van der Waals surface area contributed by atoms with E-state index in [1.54, 1.807) is 30.2 Å². The minimum atomic E-state index is -0.163. The summed E-state index contributed by atoms with van der Waals surface area (Å²) >= 11 is 1.59. The summed E-state index contributed by atoms with van der Waals surface area (Å²) in [6.07, 6.45) is 1.61. The molecule has 2 amide bonds. The molecule has 0 bridgehead atoms. The van der Waals surface area contributed by atoms with Gasteiger partial charge in [-0.1, -0.05) is 42.5 Å². The first kappa shape index (κ1) is 19.5. The lowest BCUT2D eigenvalue weighted by molar-refractivity contribution is -0.128. The van der Waals surface area contributed by atoms with Gasteiger partial charge < -0.3 is 14.6 Å². The quantitative estimate of drug-likeness (QED) is 0.459. The maximum Gasteiger partial charge on any atom is 0.255 e. The van der Waals surface area contributed by atoms with Gasteiger partial charge in [0.2, 0.25) is 5.91 Å². The SMILES string of the molecule is O=C(Nc1ccc2ccccc2c1)c1ccc(C2SCC(=O)N2Cc2ccco2)cc1. The van der Waals surface area contributed by atoms with Crippen LogP contribution in [-0.4, -0.2) is 22.5 Å². The van der Waals surface area contributed by atoms with Gasteiger partial charge in [0.1, 0.15) is 11.1 Å². The number of hydrogen-bond donors (Lipinski definition) is 1. The van der Waals surface area contributed by atoms with E-state index in [0.717, 1.165) is 27.8 Å². The van der Waals surface area contributed by atoms with Crippen LogP contribution in [0, 0.1) is 0 Å². The summed E-state index contributed by atoms with van der Waals surface area (Å²) in [5, 5.41) is 5.09. The van der Waals surface area contributed by atoms with Gasteiger partial charge in [0.15, 0.2) is 0 Å². The number of benzene rings is 3. The third-order valence-corrected chi connectivity index (χ3v) is 6.60. The van der Waals surface area contributed by atoms with Crippen molar-refractivity contribution in [1.82, 2.24) is 4.90 Å². The minimum absolute atomic E-state index is 0.0875. The number of hydrogen-bond acceptors (Lipinski definition) is 4. The number of rotatable bonds is 5. The number of nitrogens with one attached hydrogen (secondary N) is 1. The molecule has 1 atom stereocenters. The van der Waals surface area contributed by atoms with Crippen molar-refractivity contribution in [3.63, 3.8) is 0 Å². The van der Waals surface area contributed by atoms with Crippen molar-refractivity contribution in [3.05, 3.63) is 102 Å². The molecule has 1 saturated heterocycles. The highest BCUT2D eigenvalue weighted by molar-refractivity contribution is 8.00. The topological polar surface area (TPSA) is 62.6 Å². The minimum Gasteiger partial charge on any atom is -0.467 e. The summed E-state index contributed by atoms with van der Waals surface area (Å²) in [5.41, 5.74) is 2.32. The molecule has 1 aliphatic heterocycles. The average Bonchev–Trinajstić information content (AvgIpc) is 3.44. The average molecular weight is 429 g/mol. The number of carbonyl (C=O) groups is 2. The summed E-state index contributed by atoms with van der Waals surface area (Å²) < 4.78 is 5.41. The Kier molecular flexibility index (Phi) is 5.22. The standard InChI is InChI=1S/C25H20N2O3S/c28-23-16-31-25(27(23)15-22-6-3-13-30-22)19-9-7-18(8-10-19)24(29)26-21-12-11-17-4-1-2-5-20(17)14-21/h1-14,25H,15-16H2,(H,26,29). The molecule has 0 spiro atoms. The predicted molar refractivity (Wildman–Crippen MR) is 123 cm³/mol. The fraction of sp³-hybridized carbons (Fsp3) is 0.120. The van der Waals surface area contributed by atoms with Crippen molar-refractivity contribution in [2.45, 2.75) is 11.9 Å². The molecule has 5 rings (SSSR count). The number of anilines is 1. The molecule has 1 unspecified atom stereocenters. The smallest absolute Gasteiger partial charge is 0.255 e. The van der Waals surface area contributed by atoms with Gasteiger partial charge in [-0.3, -0.25) is 9.59 Å². The van der Waals surface area contributed by atoms with Crippen molar-refractivity contribution in [2.75, 3.05) is 11.1 Å². The summed E-state index contributed by atoms with van der Waals surface area (Å²) in [5.74, 6) is 1.12. The Bertz CT molecular complexity index is 1240. The van der Waals surface area contributed by atoms with Crippen LogP contribution >= 0.6 is 11.8 Å². The summed E-state index contributed by atoms with van der Waals surface area (Å²) in [6, 6.07) is 25.0. The van der Waals surface area contributed by atoms with E-state index < -0.39 is 0 Å². The number of thioether (sulfide) groups is 1. The molecule has 1 fully saturated rings.